The summed E-state index contributed by atoms with van der Waals surface area (Å²) < 4.78 is 7.87. The fourth-order valence-electron chi connectivity index (χ4n) is 2.73. The molecule has 0 aliphatic carbocycles. The highest BCUT2D eigenvalue weighted by atomic mass is 16.5. The predicted molar refractivity (Wildman–Crippen MR) is 69.0 cm³/mol. The summed E-state index contributed by atoms with van der Waals surface area (Å²) in [5.74, 6) is 1.27. The molecule has 0 N–H and O–H groups in total. The van der Waals surface area contributed by atoms with Gasteiger partial charge >= 0.3 is 0 Å². The van der Waals surface area contributed by atoms with Gasteiger partial charge in [0.15, 0.2) is 0 Å². The molecular weight excluding hydrogens is 212 g/mol. The summed E-state index contributed by atoms with van der Waals surface area (Å²) in [5, 5.41) is 4.46. The molecular formula is C14H24N2O. The molecule has 3 atom stereocenters. The Morgan fingerprint density at radius 1 is 1.35 bits per heavy atom. The third-order valence-electron chi connectivity index (χ3n) is 3.56. The van der Waals surface area contributed by atoms with E-state index in [1.165, 1.54) is 5.56 Å². The van der Waals surface area contributed by atoms with Gasteiger partial charge in [-0.25, -0.2) is 0 Å². The minimum absolute atomic E-state index is 0.392. The SMILES string of the molecule is CC(C)c1cnn(CC2C[C@@H](C)O[C@@H](C)C2)c1. The summed E-state index contributed by atoms with van der Waals surface area (Å²) >= 11 is 0. The zero-order chi connectivity index (χ0) is 12.4. The molecule has 2 heterocycles. The van der Waals surface area contributed by atoms with Crippen LogP contribution in [0.3, 0.4) is 0 Å². The molecule has 0 spiro atoms. The van der Waals surface area contributed by atoms with Crippen LogP contribution in [0.15, 0.2) is 12.4 Å². The van der Waals surface area contributed by atoms with Crippen LogP contribution >= 0.6 is 0 Å². The van der Waals surface area contributed by atoms with E-state index in [2.05, 4.69) is 43.7 Å². The summed E-state index contributed by atoms with van der Waals surface area (Å²) in [4.78, 5) is 0. The van der Waals surface area contributed by atoms with Gasteiger partial charge in [-0.1, -0.05) is 13.8 Å². The average Bonchev–Trinajstić information content (AvgIpc) is 2.64. The van der Waals surface area contributed by atoms with Crippen LogP contribution in [-0.4, -0.2) is 22.0 Å². The molecule has 3 heteroatoms. The quantitative estimate of drug-likeness (QED) is 0.805. The summed E-state index contributed by atoms with van der Waals surface area (Å²) in [6.45, 7) is 9.79. The first-order valence-corrected chi connectivity index (χ1v) is 6.72. The lowest BCUT2D eigenvalue weighted by molar-refractivity contribution is -0.0553. The predicted octanol–water partition coefficient (Wildman–Crippen LogP) is 3.21. The zero-order valence-corrected chi connectivity index (χ0v) is 11.4. The first-order chi connectivity index (χ1) is 8.04. The van der Waals surface area contributed by atoms with Crippen molar-refractivity contribution in [2.45, 2.75) is 65.2 Å². The fraction of sp³-hybridized carbons (Fsp3) is 0.786. The van der Waals surface area contributed by atoms with E-state index in [1.54, 1.807) is 0 Å². The van der Waals surface area contributed by atoms with Crippen molar-refractivity contribution in [1.82, 2.24) is 9.78 Å². The van der Waals surface area contributed by atoms with Crippen LogP contribution in [0.2, 0.25) is 0 Å². The van der Waals surface area contributed by atoms with Crippen LogP contribution in [0, 0.1) is 5.92 Å². The minimum Gasteiger partial charge on any atom is -0.376 e. The maximum absolute atomic E-state index is 5.77. The largest absolute Gasteiger partial charge is 0.376 e. The molecule has 2 rings (SSSR count). The van der Waals surface area contributed by atoms with Gasteiger partial charge in [0.25, 0.3) is 0 Å². The van der Waals surface area contributed by atoms with Gasteiger partial charge in [-0.15, -0.1) is 0 Å². The Balaban J connectivity index is 1.95. The molecule has 1 aliphatic heterocycles. The normalized spacial score (nSPS) is 29.8. The number of hydrogen-bond donors (Lipinski definition) is 0. The Labute approximate surface area is 104 Å². The highest BCUT2D eigenvalue weighted by molar-refractivity contribution is 5.08. The highest BCUT2D eigenvalue weighted by Gasteiger charge is 2.24. The topological polar surface area (TPSA) is 27.1 Å². The molecule has 0 radical (unpaired) electrons. The van der Waals surface area contributed by atoms with Gasteiger partial charge in [0, 0.05) is 12.7 Å². The summed E-state index contributed by atoms with van der Waals surface area (Å²) in [5.41, 5.74) is 1.33. The fourth-order valence-corrected chi connectivity index (χ4v) is 2.73. The molecule has 17 heavy (non-hydrogen) atoms. The second-order valence-corrected chi connectivity index (χ2v) is 5.75. The van der Waals surface area contributed by atoms with Gasteiger partial charge in [0.05, 0.1) is 18.4 Å². The molecule has 96 valence electrons. The van der Waals surface area contributed by atoms with E-state index in [9.17, 15) is 0 Å². The molecule has 1 aromatic heterocycles. The average molecular weight is 236 g/mol. The summed E-state index contributed by atoms with van der Waals surface area (Å²) in [6, 6.07) is 0. The monoisotopic (exact) mass is 236 g/mol. The lowest BCUT2D eigenvalue weighted by Gasteiger charge is -2.31. The van der Waals surface area contributed by atoms with Crippen molar-refractivity contribution in [3.8, 4) is 0 Å². The summed E-state index contributed by atoms with van der Waals surface area (Å²) in [6.07, 6.45) is 7.28. The minimum atomic E-state index is 0.392. The Morgan fingerprint density at radius 2 is 2.00 bits per heavy atom. The van der Waals surface area contributed by atoms with Crippen molar-refractivity contribution in [1.29, 1.82) is 0 Å². The van der Waals surface area contributed by atoms with Crippen molar-refractivity contribution in [2.24, 2.45) is 5.92 Å². The van der Waals surface area contributed by atoms with Crippen molar-refractivity contribution >= 4 is 0 Å². The standard InChI is InChI=1S/C14H24N2O/c1-10(2)14-7-15-16(9-14)8-13-5-11(3)17-12(4)6-13/h7,9-13H,5-6,8H2,1-4H3/t11-,12+,13?. The lowest BCUT2D eigenvalue weighted by Crippen LogP contribution is -2.31. The van der Waals surface area contributed by atoms with E-state index < -0.39 is 0 Å². The van der Waals surface area contributed by atoms with Crippen LogP contribution in [-0.2, 0) is 11.3 Å². The van der Waals surface area contributed by atoms with Gasteiger partial charge < -0.3 is 4.74 Å². The molecule has 1 aliphatic rings. The second-order valence-electron chi connectivity index (χ2n) is 5.75. The van der Waals surface area contributed by atoms with E-state index >= 15 is 0 Å². The van der Waals surface area contributed by atoms with Crippen molar-refractivity contribution in [3.63, 3.8) is 0 Å². The van der Waals surface area contributed by atoms with Crippen molar-refractivity contribution in [3.05, 3.63) is 18.0 Å². The van der Waals surface area contributed by atoms with Crippen molar-refractivity contribution in [2.75, 3.05) is 0 Å². The Kier molecular flexibility index (Phi) is 3.87. The highest BCUT2D eigenvalue weighted by Crippen LogP contribution is 2.26. The number of hydrogen-bond acceptors (Lipinski definition) is 2. The molecule has 1 saturated heterocycles. The third-order valence-corrected chi connectivity index (χ3v) is 3.56. The smallest absolute Gasteiger partial charge is 0.0554 e. The van der Waals surface area contributed by atoms with E-state index in [1.807, 2.05) is 6.20 Å². The van der Waals surface area contributed by atoms with Gasteiger partial charge in [0.2, 0.25) is 0 Å². The molecule has 1 aromatic rings. The van der Waals surface area contributed by atoms with Gasteiger partial charge in [-0.05, 0) is 44.1 Å². The molecule has 1 unspecified atom stereocenters. The summed E-state index contributed by atoms with van der Waals surface area (Å²) in [7, 11) is 0. The molecule has 3 nitrogen and oxygen atoms in total. The number of rotatable bonds is 3. The zero-order valence-electron chi connectivity index (χ0n) is 11.4. The van der Waals surface area contributed by atoms with Gasteiger partial charge in [0.1, 0.15) is 0 Å². The number of aromatic nitrogens is 2. The van der Waals surface area contributed by atoms with E-state index in [0.29, 0.717) is 24.0 Å². The first kappa shape index (κ1) is 12.6. The Bertz CT molecular complexity index is 349. The first-order valence-electron chi connectivity index (χ1n) is 6.72. The van der Waals surface area contributed by atoms with Crippen molar-refractivity contribution < 1.29 is 4.74 Å². The number of nitrogens with zero attached hydrogens (tertiary/aromatic N) is 2. The van der Waals surface area contributed by atoms with Gasteiger partial charge in [-0.3, -0.25) is 4.68 Å². The molecule has 0 bridgehead atoms. The number of ether oxygens (including phenoxy) is 1. The molecule has 1 fully saturated rings. The van der Waals surface area contributed by atoms with E-state index in [0.717, 1.165) is 19.4 Å². The second kappa shape index (κ2) is 5.21. The molecule has 0 saturated carbocycles. The van der Waals surface area contributed by atoms with Crippen LogP contribution in [0.4, 0.5) is 0 Å². The van der Waals surface area contributed by atoms with E-state index in [-0.39, 0.29) is 0 Å². The van der Waals surface area contributed by atoms with Crippen LogP contribution in [0.25, 0.3) is 0 Å². The van der Waals surface area contributed by atoms with Crippen LogP contribution in [0.1, 0.15) is 52.0 Å². The van der Waals surface area contributed by atoms with Crippen LogP contribution in [0.5, 0.6) is 0 Å². The van der Waals surface area contributed by atoms with Gasteiger partial charge in [-0.2, -0.15) is 5.10 Å². The molecule has 0 amide bonds. The Hall–Kier alpha value is -0.830. The molecule has 0 aromatic carbocycles. The maximum atomic E-state index is 5.77. The Morgan fingerprint density at radius 3 is 2.53 bits per heavy atom. The lowest BCUT2D eigenvalue weighted by atomic mass is 9.92. The maximum Gasteiger partial charge on any atom is 0.0554 e. The third kappa shape index (κ3) is 3.32. The van der Waals surface area contributed by atoms with Crippen LogP contribution < -0.4 is 0 Å². The van der Waals surface area contributed by atoms with E-state index in [4.69, 9.17) is 4.74 Å².